The van der Waals surface area contributed by atoms with E-state index in [0.717, 1.165) is 25.7 Å². The van der Waals surface area contributed by atoms with E-state index < -0.39 is 9.84 Å². The van der Waals surface area contributed by atoms with Gasteiger partial charge in [0.05, 0.1) is 4.90 Å². The summed E-state index contributed by atoms with van der Waals surface area (Å²) < 4.78 is 23.0. The number of urea groups is 1. The van der Waals surface area contributed by atoms with Crippen LogP contribution in [0.4, 0.5) is 10.5 Å². The molecule has 0 bridgehead atoms. The summed E-state index contributed by atoms with van der Waals surface area (Å²) in [4.78, 5) is 15.0. The van der Waals surface area contributed by atoms with Gasteiger partial charge in [0.1, 0.15) is 0 Å². The fourth-order valence-corrected chi connectivity index (χ4v) is 3.95. The van der Waals surface area contributed by atoms with E-state index in [1.807, 2.05) is 4.90 Å². The zero-order chi connectivity index (χ0) is 16.4. The molecule has 1 aromatic rings. The lowest BCUT2D eigenvalue weighted by molar-refractivity contribution is 0.162. The zero-order valence-electron chi connectivity index (χ0n) is 13.5. The molecule has 23 heavy (non-hydrogen) atoms. The standard InChI is InChI=1S/C17H24N2O3S/c1-23(21,22)16-11-7-13(8-12-16)18-17(20)19(15-9-10-15)14-5-3-2-4-6-14/h7-8,11-12,14-15H,2-6,9-10H2,1H3,(H,18,20). The van der Waals surface area contributed by atoms with Crippen molar-refractivity contribution >= 4 is 21.6 Å². The molecule has 2 saturated carbocycles. The van der Waals surface area contributed by atoms with Gasteiger partial charge in [-0.2, -0.15) is 0 Å². The molecule has 0 radical (unpaired) electrons. The van der Waals surface area contributed by atoms with E-state index in [9.17, 15) is 13.2 Å². The quantitative estimate of drug-likeness (QED) is 0.916. The fraction of sp³-hybridized carbons (Fsp3) is 0.588. The highest BCUT2D eigenvalue weighted by Gasteiger charge is 2.37. The van der Waals surface area contributed by atoms with Crippen LogP contribution in [-0.2, 0) is 9.84 Å². The first kappa shape index (κ1) is 16.3. The zero-order valence-corrected chi connectivity index (χ0v) is 14.3. The summed E-state index contributed by atoms with van der Waals surface area (Å²) in [5.41, 5.74) is 0.642. The van der Waals surface area contributed by atoms with Crippen LogP contribution in [0, 0.1) is 0 Å². The van der Waals surface area contributed by atoms with E-state index in [4.69, 9.17) is 0 Å². The molecule has 2 fully saturated rings. The molecule has 0 saturated heterocycles. The van der Waals surface area contributed by atoms with Crippen LogP contribution in [0.1, 0.15) is 44.9 Å². The van der Waals surface area contributed by atoms with Crippen LogP contribution in [-0.4, -0.2) is 37.7 Å². The summed E-state index contributed by atoms with van der Waals surface area (Å²) in [5, 5.41) is 2.93. The molecule has 0 heterocycles. The van der Waals surface area contributed by atoms with Crippen LogP contribution in [0.3, 0.4) is 0 Å². The molecule has 6 heteroatoms. The summed E-state index contributed by atoms with van der Waals surface area (Å²) in [6.45, 7) is 0. The van der Waals surface area contributed by atoms with Crippen molar-refractivity contribution in [3.8, 4) is 0 Å². The molecule has 0 spiro atoms. The number of amides is 2. The van der Waals surface area contributed by atoms with Crippen LogP contribution in [0.25, 0.3) is 0 Å². The summed E-state index contributed by atoms with van der Waals surface area (Å²) in [6, 6.07) is 7.06. The third kappa shape index (κ3) is 4.05. The van der Waals surface area contributed by atoms with Crippen molar-refractivity contribution in [2.24, 2.45) is 0 Å². The molecule has 0 atom stereocenters. The first-order valence-corrected chi connectivity index (χ1v) is 10.2. The molecular formula is C17H24N2O3S. The molecular weight excluding hydrogens is 312 g/mol. The second-order valence-corrected chi connectivity index (χ2v) is 8.67. The Morgan fingerprint density at radius 2 is 1.57 bits per heavy atom. The lowest BCUT2D eigenvalue weighted by Gasteiger charge is -2.34. The number of rotatable bonds is 4. The molecule has 2 amide bonds. The summed E-state index contributed by atoms with van der Waals surface area (Å²) in [7, 11) is -3.21. The van der Waals surface area contributed by atoms with Crippen LogP contribution < -0.4 is 5.32 Å². The van der Waals surface area contributed by atoms with Gasteiger partial charge >= 0.3 is 6.03 Å². The minimum Gasteiger partial charge on any atom is -0.319 e. The second kappa shape index (κ2) is 6.51. The number of hydrogen-bond acceptors (Lipinski definition) is 3. The monoisotopic (exact) mass is 336 g/mol. The Hall–Kier alpha value is -1.56. The molecule has 2 aliphatic carbocycles. The van der Waals surface area contributed by atoms with Gasteiger partial charge in [-0.05, 0) is 49.9 Å². The third-order valence-electron chi connectivity index (χ3n) is 4.68. The highest BCUT2D eigenvalue weighted by Crippen LogP contribution is 2.34. The Labute approximate surface area is 138 Å². The minimum absolute atomic E-state index is 0.0495. The van der Waals surface area contributed by atoms with E-state index in [2.05, 4.69) is 5.32 Å². The van der Waals surface area contributed by atoms with Crippen molar-refractivity contribution in [3.05, 3.63) is 24.3 Å². The van der Waals surface area contributed by atoms with Crippen molar-refractivity contribution in [2.45, 2.75) is 61.9 Å². The second-order valence-electron chi connectivity index (χ2n) is 6.66. The van der Waals surface area contributed by atoms with E-state index in [1.165, 1.54) is 37.7 Å². The average Bonchev–Trinajstić information content (AvgIpc) is 3.33. The largest absolute Gasteiger partial charge is 0.322 e. The average molecular weight is 336 g/mol. The molecule has 3 rings (SSSR count). The molecule has 2 aliphatic rings. The number of hydrogen-bond donors (Lipinski definition) is 1. The maximum absolute atomic E-state index is 12.7. The SMILES string of the molecule is CS(=O)(=O)c1ccc(NC(=O)N(C2CCCCC2)C2CC2)cc1. The van der Waals surface area contributed by atoms with Gasteiger partial charge in [-0.25, -0.2) is 13.2 Å². The van der Waals surface area contributed by atoms with Gasteiger partial charge in [0, 0.05) is 24.0 Å². The van der Waals surface area contributed by atoms with Gasteiger partial charge in [-0.1, -0.05) is 19.3 Å². The fourth-order valence-electron chi connectivity index (χ4n) is 3.32. The number of sulfone groups is 1. The molecule has 0 unspecified atom stereocenters. The highest BCUT2D eigenvalue weighted by atomic mass is 32.2. The smallest absolute Gasteiger partial charge is 0.319 e. The van der Waals surface area contributed by atoms with Crippen molar-refractivity contribution in [3.63, 3.8) is 0 Å². The number of carbonyl (C=O) groups excluding carboxylic acids is 1. The molecule has 126 valence electrons. The molecule has 1 aromatic carbocycles. The number of carbonyl (C=O) groups is 1. The number of benzene rings is 1. The van der Waals surface area contributed by atoms with Gasteiger partial charge in [-0.15, -0.1) is 0 Å². The normalized spacial score (nSPS) is 19.3. The lowest BCUT2D eigenvalue weighted by Crippen LogP contribution is -2.45. The summed E-state index contributed by atoms with van der Waals surface area (Å²) in [5.74, 6) is 0. The first-order chi connectivity index (χ1) is 10.9. The van der Waals surface area contributed by atoms with Crippen molar-refractivity contribution in [1.29, 1.82) is 0 Å². The van der Waals surface area contributed by atoms with Crippen LogP contribution in [0.5, 0.6) is 0 Å². The van der Waals surface area contributed by atoms with Gasteiger partial charge < -0.3 is 10.2 Å². The molecule has 1 N–H and O–H groups in total. The Balaban J connectivity index is 1.69. The van der Waals surface area contributed by atoms with Gasteiger partial charge in [0.25, 0.3) is 0 Å². The summed E-state index contributed by atoms with van der Waals surface area (Å²) >= 11 is 0. The molecule has 5 nitrogen and oxygen atoms in total. The topological polar surface area (TPSA) is 66.5 Å². The molecule has 0 aliphatic heterocycles. The van der Waals surface area contributed by atoms with E-state index in [-0.39, 0.29) is 10.9 Å². The molecule has 0 aromatic heterocycles. The van der Waals surface area contributed by atoms with Gasteiger partial charge in [0.2, 0.25) is 0 Å². The van der Waals surface area contributed by atoms with Crippen LogP contribution in [0.2, 0.25) is 0 Å². The van der Waals surface area contributed by atoms with Crippen molar-refractivity contribution < 1.29 is 13.2 Å². The van der Waals surface area contributed by atoms with Gasteiger partial charge in [0.15, 0.2) is 9.84 Å². The number of anilines is 1. The van der Waals surface area contributed by atoms with Crippen LogP contribution >= 0.6 is 0 Å². The van der Waals surface area contributed by atoms with E-state index >= 15 is 0 Å². The number of nitrogens with one attached hydrogen (secondary N) is 1. The maximum Gasteiger partial charge on any atom is 0.322 e. The number of nitrogens with zero attached hydrogens (tertiary/aromatic N) is 1. The van der Waals surface area contributed by atoms with E-state index in [1.54, 1.807) is 12.1 Å². The van der Waals surface area contributed by atoms with E-state index in [0.29, 0.717) is 17.8 Å². The first-order valence-electron chi connectivity index (χ1n) is 8.34. The summed E-state index contributed by atoms with van der Waals surface area (Å²) in [6.07, 6.45) is 9.22. The predicted octanol–water partition coefficient (Wildman–Crippen LogP) is 3.42. The Kier molecular flexibility index (Phi) is 4.62. The Bertz CT molecular complexity index is 660. The van der Waals surface area contributed by atoms with Crippen molar-refractivity contribution in [2.75, 3.05) is 11.6 Å². The Morgan fingerprint density at radius 3 is 2.09 bits per heavy atom. The third-order valence-corrected chi connectivity index (χ3v) is 5.81. The van der Waals surface area contributed by atoms with Crippen LogP contribution in [0.15, 0.2) is 29.2 Å². The lowest BCUT2D eigenvalue weighted by atomic mass is 9.94. The maximum atomic E-state index is 12.7. The van der Waals surface area contributed by atoms with Gasteiger partial charge in [-0.3, -0.25) is 0 Å². The highest BCUT2D eigenvalue weighted by molar-refractivity contribution is 7.90. The minimum atomic E-state index is -3.21. The predicted molar refractivity (Wildman–Crippen MR) is 90.3 cm³/mol. The Morgan fingerprint density at radius 1 is 1.00 bits per heavy atom. The van der Waals surface area contributed by atoms with Crippen molar-refractivity contribution in [1.82, 2.24) is 4.90 Å².